The molecular formula is C39H41AgCl2F9N4O9S3. The van der Waals surface area contributed by atoms with Gasteiger partial charge in [0.15, 0.2) is 0 Å². The van der Waals surface area contributed by atoms with Crippen LogP contribution in [0.25, 0.3) is 21.8 Å². The van der Waals surface area contributed by atoms with Crippen LogP contribution >= 0.6 is 23.1 Å². The Morgan fingerprint density at radius 1 is 0.582 bits per heavy atom. The summed E-state index contributed by atoms with van der Waals surface area (Å²) in [7, 11) is -1.43. The number of benzene rings is 4. The first-order valence-corrected chi connectivity index (χ1v) is 23.4. The Morgan fingerprint density at radius 2 is 0.985 bits per heavy atom. The molecule has 377 valence electrons. The summed E-state index contributed by atoms with van der Waals surface area (Å²) in [6.07, 6.45) is -6.33. The number of ether oxygens (including phenoxy) is 2. The summed E-state index contributed by atoms with van der Waals surface area (Å²) in [5, 5.41) is 1.77. The maximum atomic E-state index is 13.2. The summed E-state index contributed by atoms with van der Waals surface area (Å²) in [5.41, 5.74) is -3.51. The fourth-order valence-electron chi connectivity index (χ4n) is 5.42. The smallest absolute Gasteiger partial charge is 0.404 e. The molecule has 0 spiro atoms. The predicted octanol–water partition coefficient (Wildman–Crippen LogP) is 9.46. The predicted molar refractivity (Wildman–Crippen MR) is 231 cm³/mol. The van der Waals surface area contributed by atoms with Gasteiger partial charge in [-0.25, -0.2) is 16.8 Å². The first-order chi connectivity index (χ1) is 29.8. The Balaban J connectivity index is 0.000000489. The van der Waals surface area contributed by atoms with E-state index < -0.39 is 68.5 Å². The van der Waals surface area contributed by atoms with Crippen LogP contribution in [0.15, 0.2) is 130 Å². The second-order valence-corrected chi connectivity index (χ2v) is 19.6. The number of sulfone groups is 1. The molecule has 0 bridgehead atoms. The average Bonchev–Trinajstić information content (AvgIpc) is 3.77. The van der Waals surface area contributed by atoms with E-state index in [0.717, 1.165) is 37.4 Å². The van der Waals surface area contributed by atoms with E-state index in [1.807, 2.05) is 19.0 Å². The van der Waals surface area contributed by atoms with Gasteiger partial charge in [-0.05, 0) is 76.0 Å². The van der Waals surface area contributed by atoms with E-state index in [-0.39, 0.29) is 39.7 Å². The maximum Gasteiger partial charge on any atom is 0.573 e. The van der Waals surface area contributed by atoms with Gasteiger partial charge in [-0.15, -0.1) is 38.7 Å². The first kappa shape index (κ1) is 61.0. The van der Waals surface area contributed by atoms with Gasteiger partial charge in [0.2, 0.25) is 9.84 Å². The zero-order valence-corrected chi connectivity index (χ0v) is 40.5. The number of alkyl halides is 9. The molecule has 0 unspecified atom stereocenters. The van der Waals surface area contributed by atoms with Crippen molar-refractivity contribution in [3.05, 3.63) is 116 Å². The zero-order chi connectivity index (χ0) is 49.2. The van der Waals surface area contributed by atoms with Crippen molar-refractivity contribution in [1.82, 2.24) is 18.9 Å². The molecule has 28 heteroatoms. The Labute approximate surface area is 406 Å². The number of likely N-dealkylation sites (N-methyl/N-ethyl adjacent to an activating group) is 2. The van der Waals surface area contributed by atoms with Gasteiger partial charge >= 0.3 is 28.4 Å². The minimum atomic E-state index is -5.84. The van der Waals surface area contributed by atoms with Crippen molar-refractivity contribution in [1.29, 1.82) is 0 Å². The normalized spacial score (nSPS) is 12.1. The van der Waals surface area contributed by atoms with Gasteiger partial charge in [-0.3, -0.25) is 4.55 Å². The van der Waals surface area contributed by atoms with E-state index in [1.54, 1.807) is 28.8 Å². The van der Waals surface area contributed by atoms with E-state index in [9.17, 15) is 56.3 Å². The number of hydrogen-bond acceptors (Lipinski definition) is 10. The minimum Gasteiger partial charge on any atom is -0.404 e. The molecule has 2 aromatic heterocycles. The molecule has 0 fully saturated rings. The third-order valence-corrected chi connectivity index (χ3v) is 12.1. The Hall–Kier alpha value is -4.02. The molecule has 0 atom stereocenters. The van der Waals surface area contributed by atoms with Gasteiger partial charge in [0.25, 0.3) is 9.05 Å². The second kappa shape index (κ2) is 25.0. The van der Waals surface area contributed by atoms with Crippen LogP contribution in [0.1, 0.15) is 0 Å². The molecule has 0 amide bonds. The molecule has 0 aliphatic heterocycles. The molecule has 0 aliphatic rings. The largest absolute Gasteiger partial charge is 0.573 e. The Morgan fingerprint density at radius 3 is 1.45 bits per heavy atom. The molecule has 13 nitrogen and oxygen atoms in total. The number of nitrogens with zero attached hydrogens (tertiary/aromatic N) is 4. The molecule has 1 radical (unpaired) electrons. The van der Waals surface area contributed by atoms with Crippen LogP contribution in [0.3, 0.4) is 0 Å². The van der Waals surface area contributed by atoms with Gasteiger partial charge in [0.1, 0.15) is 21.3 Å². The van der Waals surface area contributed by atoms with Crippen molar-refractivity contribution in [2.45, 2.75) is 46.0 Å². The fraction of sp³-hybridized carbons (Fsp3) is 0.282. The molecule has 6 rings (SSSR count). The molecule has 67 heavy (non-hydrogen) atoms. The SMILES string of the molecule is CN(C)CCn1cc(S(=O)(=O)c2ccccc2OC(F)(F)F)c2ccccc21.CN(C)CCn1ccc2ccccc21.Cl.O=S(=O)(Cl)c1ccccc1OC(F)(F)F.O=S(=O)(O)C(F)(F)F.[Ag]. The third kappa shape index (κ3) is 19.1. The van der Waals surface area contributed by atoms with Crippen molar-refractivity contribution in [3.8, 4) is 11.5 Å². The summed E-state index contributed by atoms with van der Waals surface area (Å²) in [4.78, 5) is 2.86. The Bertz CT molecular complexity index is 2860. The minimum absolute atomic E-state index is 0. The van der Waals surface area contributed by atoms with Crippen LogP contribution in [0.2, 0.25) is 0 Å². The van der Waals surface area contributed by atoms with Crippen LogP contribution in [0.5, 0.6) is 11.5 Å². The average molecular weight is 1160 g/mol. The molecule has 0 saturated heterocycles. The topological polar surface area (TPSA) is 157 Å². The standard InChI is InChI=1S/C19H19F3N2O3S.C12H16N2.C7H4ClF3O3S.CHF3O3S.Ag.ClH/c1-23(2)11-12-24-13-18(14-7-3-4-8-15(14)24)28(25,26)17-10-6-5-9-16(17)27-19(20,21)22;1-13(2)9-10-14-8-7-11-5-3-4-6-12(11)14;8-15(12,13)6-4-2-1-3-5(6)14-7(9,10)11;2-1(3,4)8(5,6)7;;/h3-10,13H,11-12H2,1-2H3;3-8H,9-10H2,1-2H3;1-4H;(H,5,6,7);;1H. The number of aromatic nitrogens is 2. The van der Waals surface area contributed by atoms with Crippen molar-refractivity contribution < 1.29 is 101 Å². The van der Waals surface area contributed by atoms with Crippen molar-refractivity contribution in [3.63, 3.8) is 0 Å². The van der Waals surface area contributed by atoms with Crippen LogP contribution in [-0.2, 0) is 64.5 Å². The van der Waals surface area contributed by atoms with Crippen LogP contribution in [0.4, 0.5) is 39.5 Å². The molecule has 0 saturated carbocycles. The van der Waals surface area contributed by atoms with E-state index in [2.05, 4.69) is 69.6 Å². The Kier molecular flexibility index (Phi) is 22.8. The molecule has 6 aromatic rings. The molecule has 2 heterocycles. The molecule has 4 aromatic carbocycles. The van der Waals surface area contributed by atoms with Crippen LogP contribution in [-0.4, -0.2) is 108 Å². The summed E-state index contributed by atoms with van der Waals surface area (Å²) >= 11 is 0. The van der Waals surface area contributed by atoms with Crippen molar-refractivity contribution in [2.75, 3.05) is 41.3 Å². The molecule has 0 aliphatic carbocycles. The number of halogens is 11. The van der Waals surface area contributed by atoms with Crippen LogP contribution in [0, 0.1) is 0 Å². The molecule has 1 N–H and O–H groups in total. The summed E-state index contributed by atoms with van der Waals surface area (Å²) in [6.45, 7) is 3.34. The van der Waals surface area contributed by atoms with Gasteiger partial charge in [0.05, 0.1) is 4.90 Å². The number of hydrogen-bond donors (Lipinski definition) is 1. The summed E-state index contributed by atoms with van der Waals surface area (Å²) in [5.74, 6) is -1.60. The monoisotopic (exact) mass is 1150 g/mol. The summed E-state index contributed by atoms with van der Waals surface area (Å²) < 4.78 is 191. The second-order valence-electron chi connectivity index (χ2n) is 13.7. The third-order valence-electron chi connectivity index (χ3n) is 8.29. The number of para-hydroxylation sites is 4. The van der Waals surface area contributed by atoms with Crippen molar-refractivity contribution in [2.24, 2.45) is 0 Å². The number of fused-ring (bicyclic) bond motifs is 2. The fourth-order valence-corrected chi connectivity index (χ4v) is 7.99. The number of rotatable bonds is 11. The van der Waals surface area contributed by atoms with Crippen molar-refractivity contribution >= 4 is 73.9 Å². The summed E-state index contributed by atoms with van der Waals surface area (Å²) in [6, 6.07) is 26.5. The van der Waals surface area contributed by atoms with Gasteiger partial charge in [0, 0.05) is 88.1 Å². The van der Waals surface area contributed by atoms with Crippen LogP contribution < -0.4 is 9.47 Å². The van der Waals surface area contributed by atoms with E-state index in [4.69, 9.17) is 23.7 Å². The van der Waals surface area contributed by atoms with E-state index in [0.29, 0.717) is 24.0 Å². The molecular weight excluding hydrogens is 1110 g/mol. The quantitative estimate of drug-likeness (QED) is 0.0433. The maximum absolute atomic E-state index is 13.2. The van der Waals surface area contributed by atoms with E-state index in [1.165, 1.54) is 41.4 Å². The first-order valence-electron chi connectivity index (χ1n) is 18.2. The zero-order valence-electron chi connectivity index (χ0n) is 35.0. The van der Waals surface area contributed by atoms with Gasteiger partial charge in [-0.1, -0.05) is 60.7 Å². The van der Waals surface area contributed by atoms with Gasteiger partial charge < -0.3 is 28.4 Å². The van der Waals surface area contributed by atoms with E-state index >= 15 is 0 Å². The van der Waals surface area contributed by atoms with Gasteiger partial charge in [-0.2, -0.15) is 21.6 Å².